The third-order valence-electron chi connectivity index (χ3n) is 2.94. The molecule has 1 aliphatic carbocycles. The van der Waals surface area contributed by atoms with Gasteiger partial charge in [-0.2, -0.15) is 0 Å². The van der Waals surface area contributed by atoms with Crippen molar-refractivity contribution in [1.29, 1.82) is 0 Å². The molecule has 1 heterocycles. The molecule has 6 heteroatoms. The van der Waals surface area contributed by atoms with Gasteiger partial charge in [0.25, 0.3) is 0 Å². The molecule has 2 rings (SSSR count). The van der Waals surface area contributed by atoms with E-state index in [0.29, 0.717) is 18.8 Å². The van der Waals surface area contributed by atoms with Crippen molar-refractivity contribution in [3.05, 3.63) is 16.7 Å². The zero-order valence-corrected chi connectivity index (χ0v) is 10.00. The number of esters is 1. The van der Waals surface area contributed by atoms with Crippen molar-refractivity contribution in [2.24, 2.45) is 5.92 Å². The number of nitrogens with one attached hydrogen (secondary N) is 1. The summed E-state index contributed by atoms with van der Waals surface area (Å²) in [6, 6.07) is 0. The second-order valence-corrected chi connectivity index (χ2v) is 4.51. The van der Waals surface area contributed by atoms with E-state index in [1.165, 1.54) is 12.8 Å². The largest absolute Gasteiger partial charge is 0.461 e. The molecule has 1 N–H and O–H groups in total. The number of rotatable bonds is 4. The second kappa shape index (κ2) is 5.31. The van der Waals surface area contributed by atoms with Crippen LogP contribution in [0.2, 0.25) is 5.28 Å². The Hall–Kier alpha value is -1.36. The molecule has 0 unspecified atom stereocenters. The normalized spacial score (nSPS) is 16.1. The van der Waals surface area contributed by atoms with Gasteiger partial charge in [0.05, 0.1) is 6.61 Å². The van der Waals surface area contributed by atoms with Crippen LogP contribution in [-0.2, 0) is 4.74 Å². The van der Waals surface area contributed by atoms with Gasteiger partial charge in [0, 0.05) is 0 Å². The van der Waals surface area contributed by atoms with Crippen LogP contribution in [0.5, 0.6) is 0 Å². The highest BCUT2D eigenvalue weighted by atomic mass is 35.5. The fraction of sp³-hybridized carbons (Fsp3) is 0.545. The van der Waals surface area contributed by atoms with Gasteiger partial charge >= 0.3 is 5.97 Å². The number of aromatic nitrogens is 2. The Kier molecular flexibility index (Phi) is 3.78. The maximum Gasteiger partial charge on any atom is 0.359 e. The number of halogens is 1. The molecule has 1 aliphatic rings. The van der Waals surface area contributed by atoms with Gasteiger partial charge in [-0.15, -0.1) is 0 Å². The summed E-state index contributed by atoms with van der Waals surface area (Å²) in [5.41, 5.74) is 0.0226. The summed E-state index contributed by atoms with van der Waals surface area (Å²) in [6.07, 6.45) is 5.07. The SMILES string of the molecule is O=Cc1[nH]c(Cl)nc1C(=O)OCC1CCCC1. The van der Waals surface area contributed by atoms with Gasteiger partial charge in [-0.3, -0.25) is 4.79 Å². The Labute approximate surface area is 104 Å². The van der Waals surface area contributed by atoms with Gasteiger partial charge in [0.1, 0.15) is 5.69 Å². The molecule has 1 saturated carbocycles. The number of ether oxygens (including phenoxy) is 1. The van der Waals surface area contributed by atoms with Crippen LogP contribution in [0, 0.1) is 5.92 Å². The Morgan fingerprint density at radius 1 is 1.53 bits per heavy atom. The molecular weight excluding hydrogens is 244 g/mol. The van der Waals surface area contributed by atoms with Gasteiger partial charge in [-0.05, 0) is 30.4 Å². The number of hydrogen-bond acceptors (Lipinski definition) is 4. The summed E-state index contributed by atoms with van der Waals surface area (Å²) in [5, 5.41) is 0.0138. The number of imidazole rings is 1. The van der Waals surface area contributed by atoms with Crippen LogP contribution < -0.4 is 0 Å². The number of H-pyrrole nitrogens is 1. The lowest BCUT2D eigenvalue weighted by molar-refractivity contribution is 0.0434. The summed E-state index contributed by atoms with van der Waals surface area (Å²) in [5.74, 6) is -0.157. The van der Waals surface area contributed by atoms with Crippen LogP contribution in [0.3, 0.4) is 0 Å². The fourth-order valence-corrected chi connectivity index (χ4v) is 2.22. The van der Waals surface area contributed by atoms with Gasteiger partial charge in [0.15, 0.2) is 12.0 Å². The maximum absolute atomic E-state index is 11.7. The molecule has 1 aromatic rings. The number of aldehydes is 1. The second-order valence-electron chi connectivity index (χ2n) is 4.16. The van der Waals surface area contributed by atoms with Crippen molar-refractivity contribution >= 4 is 23.9 Å². The summed E-state index contributed by atoms with van der Waals surface area (Å²) < 4.78 is 5.13. The molecule has 1 aromatic heterocycles. The highest BCUT2D eigenvalue weighted by molar-refractivity contribution is 6.28. The average molecular weight is 257 g/mol. The van der Waals surface area contributed by atoms with Crippen molar-refractivity contribution in [2.75, 3.05) is 6.61 Å². The van der Waals surface area contributed by atoms with Gasteiger partial charge in [0.2, 0.25) is 5.28 Å². The lowest BCUT2D eigenvalue weighted by Gasteiger charge is -2.08. The van der Waals surface area contributed by atoms with E-state index >= 15 is 0 Å². The molecule has 17 heavy (non-hydrogen) atoms. The number of aromatic amines is 1. The molecule has 0 aliphatic heterocycles. The van der Waals surface area contributed by atoms with Crippen LogP contribution >= 0.6 is 11.6 Å². The van der Waals surface area contributed by atoms with E-state index in [0.717, 1.165) is 12.8 Å². The molecule has 1 fully saturated rings. The zero-order valence-electron chi connectivity index (χ0n) is 9.24. The number of nitrogens with zero attached hydrogens (tertiary/aromatic N) is 1. The molecule has 0 atom stereocenters. The van der Waals surface area contributed by atoms with Crippen molar-refractivity contribution in [1.82, 2.24) is 9.97 Å². The lowest BCUT2D eigenvalue weighted by atomic mass is 10.1. The van der Waals surface area contributed by atoms with Crippen LogP contribution in [0.25, 0.3) is 0 Å². The van der Waals surface area contributed by atoms with E-state index in [1.807, 2.05) is 0 Å². The molecular formula is C11H13ClN2O3. The first kappa shape index (κ1) is 12.1. The minimum absolute atomic E-state index is 0.0138. The molecule has 5 nitrogen and oxygen atoms in total. The van der Waals surface area contributed by atoms with Crippen LogP contribution in [0.15, 0.2) is 0 Å². The summed E-state index contributed by atoms with van der Waals surface area (Å²) in [6.45, 7) is 0.390. The molecule has 92 valence electrons. The third kappa shape index (κ3) is 2.85. The van der Waals surface area contributed by atoms with Crippen molar-refractivity contribution < 1.29 is 14.3 Å². The first-order valence-corrected chi connectivity index (χ1v) is 5.96. The van der Waals surface area contributed by atoms with E-state index in [4.69, 9.17) is 16.3 Å². The quantitative estimate of drug-likeness (QED) is 0.662. The standard InChI is InChI=1S/C11H13ClN2O3/c12-11-13-8(5-15)9(14-11)10(16)17-6-7-3-1-2-4-7/h5,7H,1-4,6H2,(H,13,14). The van der Waals surface area contributed by atoms with Gasteiger partial charge in [-0.25, -0.2) is 9.78 Å². The van der Waals surface area contributed by atoms with Crippen LogP contribution in [-0.4, -0.2) is 28.8 Å². The molecule has 0 amide bonds. The summed E-state index contributed by atoms with van der Waals surface area (Å²) >= 11 is 5.58. The Bertz CT molecular complexity index is 424. The van der Waals surface area contributed by atoms with E-state index in [1.54, 1.807) is 0 Å². The predicted molar refractivity (Wildman–Crippen MR) is 61.2 cm³/mol. The number of hydrogen-bond donors (Lipinski definition) is 1. The highest BCUT2D eigenvalue weighted by Gasteiger charge is 2.21. The molecule has 0 aromatic carbocycles. The minimum atomic E-state index is -0.595. The third-order valence-corrected chi connectivity index (χ3v) is 3.12. The van der Waals surface area contributed by atoms with E-state index in [2.05, 4.69) is 9.97 Å². The highest BCUT2D eigenvalue weighted by Crippen LogP contribution is 2.25. The average Bonchev–Trinajstić information content (AvgIpc) is 2.94. The molecule has 0 spiro atoms. The Balaban J connectivity index is 1.96. The van der Waals surface area contributed by atoms with Crippen molar-refractivity contribution in [2.45, 2.75) is 25.7 Å². The number of carbonyl (C=O) groups is 2. The van der Waals surface area contributed by atoms with E-state index in [9.17, 15) is 9.59 Å². The monoisotopic (exact) mass is 256 g/mol. The molecule has 0 bridgehead atoms. The van der Waals surface area contributed by atoms with Crippen molar-refractivity contribution in [3.63, 3.8) is 0 Å². The van der Waals surface area contributed by atoms with E-state index in [-0.39, 0.29) is 16.7 Å². The minimum Gasteiger partial charge on any atom is -0.461 e. The Morgan fingerprint density at radius 2 is 2.24 bits per heavy atom. The Morgan fingerprint density at radius 3 is 2.88 bits per heavy atom. The van der Waals surface area contributed by atoms with Crippen LogP contribution in [0.4, 0.5) is 0 Å². The lowest BCUT2D eigenvalue weighted by Crippen LogP contribution is -2.13. The van der Waals surface area contributed by atoms with Gasteiger partial charge < -0.3 is 9.72 Å². The van der Waals surface area contributed by atoms with Crippen molar-refractivity contribution in [3.8, 4) is 0 Å². The molecule has 0 radical (unpaired) electrons. The predicted octanol–water partition coefficient (Wildman–Crippen LogP) is 2.22. The summed E-state index contributed by atoms with van der Waals surface area (Å²) in [7, 11) is 0. The van der Waals surface area contributed by atoms with Gasteiger partial charge in [-0.1, -0.05) is 12.8 Å². The number of carbonyl (C=O) groups excluding carboxylic acids is 2. The maximum atomic E-state index is 11.7. The first-order valence-electron chi connectivity index (χ1n) is 5.58. The van der Waals surface area contributed by atoms with E-state index < -0.39 is 5.97 Å². The molecule has 0 saturated heterocycles. The first-order chi connectivity index (χ1) is 8.20. The topological polar surface area (TPSA) is 72.0 Å². The summed E-state index contributed by atoms with van der Waals surface area (Å²) in [4.78, 5) is 28.6. The smallest absolute Gasteiger partial charge is 0.359 e. The fourth-order valence-electron chi connectivity index (χ4n) is 2.04. The zero-order chi connectivity index (χ0) is 12.3. The van der Waals surface area contributed by atoms with Crippen LogP contribution in [0.1, 0.15) is 46.7 Å².